The normalized spacial score (nSPS) is 23.9. The van der Waals surface area contributed by atoms with Gasteiger partial charge in [0.05, 0.1) is 24.3 Å². The van der Waals surface area contributed by atoms with Gasteiger partial charge in [-0.25, -0.2) is 4.98 Å². The van der Waals surface area contributed by atoms with Gasteiger partial charge in [-0.05, 0) is 18.8 Å². The lowest BCUT2D eigenvalue weighted by atomic mass is 10.1. The van der Waals surface area contributed by atoms with Crippen molar-refractivity contribution >= 4 is 5.97 Å². The van der Waals surface area contributed by atoms with E-state index >= 15 is 0 Å². The third-order valence-corrected chi connectivity index (χ3v) is 3.95. The fourth-order valence-corrected chi connectivity index (χ4v) is 2.81. The monoisotopic (exact) mass is 249 g/mol. The standard InChI is InChI=1S/C13H19N3O2/c17-13(18-7-9-3-1-2-4-9)11-5-10-12(6-14-11)16-8-15-10/h8-9,11,14H,1-7H2,(H,15,16). The van der Waals surface area contributed by atoms with E-state index < -0.39 is 0 Å². The average molecular weight is 249 g/mol. The molecule has 1 saturated carbocycles. The van der Waals surface area contributed by atoms with Gasteiger partial charge < -0.3 is 9.72 Å². The molecule has 1 aliphatic carbocycles. The summed E-state index contributed by atoms with van der Waals surface area (Å²) in [5.41, 5.74) is 2.06. The number of imidazole rings is 1. The van der Waals surface area contributed by atoms with E-state index in [1.807, 2.05) is 0 Å². The molecule has 0 spiro atoms. The summed E-state index contributed by atoms with van der Waals surface area (Å²) in [7, 11) is 0. The van der Waals surface area contributed by atoms with Crippen LogP contribution in [0, 0.1) is 5.92 Å². The number of ether oxygens (including phenoxy) is 1. The summed E-state index contributed by atoms with van der Waals surface area (Å²) in [5.74, 6) is 0.453. The molecule has 1 aromatic heterocycles. The Morgan fingerprint density at radius 2 is 2.28 bits per heavy atom. The van der Waals surface area contributed by atoms with Gasteiger partial charge in [0.15, 0.2) is 0 Å². The smallest absolute Gasteiger partial charge is 0.323 e. The first-order chi connectivity index (χ1) is 8.83. The summed E-state index contributed by atoms with van der Waals surface area (Å²) in [4.78, 5) is 19.3. The molecule has 3 rings (SSSR count). The van der Waals surface area contributed by atoms with Crippen molar-refractivity contribution in [3.63, 3.8) is 0 Å². The second-order valence-corrected chi connectivity index (χ2v) is 5.25. The minimum absolute atomic E-state index is 0.129. The summed E-state index contributed by atoms with van der Waals surface area (Å²) in [5, 5.41) is 3.19. The van der Waals surface area contributed by atoms with E-state index in [0.717, 1.165) is 11.4 Å². The number of carbonyl (C=O) groups excluding carboxylic acids is 1. The molecule has 0 radical (unpaired) electrons. The predicted molar refractivity (Wildman–Crippen MR) is 65.8 cm³/mol. The molecule has 0 bridgehead atoms. The van der Waals surface area contributed by atoms with Crippen LogP contribution in [0.5, 0.6) is 0 Å². The molecule has 1 aromatic rings. The molecule has 1 unspecified atom stereocenters. The van der Waals surface area contributed by atoms with Crippen molar-refractivity contribution < 1.29 is 9.53 Å². The third kappa shape index (κ3) is 2.41. The maximum atomic E-state index is 12.0. The van der Waals surface area contributed by atoms with Crippen molar-refractivity contribution in [2.45, 2.75) is 44.7 Å². The van der Waals surface area contributed by atoms with Crippen molar-refractivity contribution in [2.75, 3.05) is 6.61 Å². The van der Waals surface area contributed by atoms with E-state index in [1.165, 1.54) is 25.7 Å². The lowest BCUT2D eigenvalue weighted by Gasteiger charge is -2.22. The summed E-state index contributed by atoms with van der Waals surface area (Å²) < 4.78 is 5.42. The Morgan fingerprint density at radius 3 is 3.11 bits per heavy atom. The van der Waals surface area contributed by atoms with Crippen LogP contribution in [0.1, 0.15) is 37.1 Å². The Morgan fingerprint density at radius 1 is 1.44 bits per heavy atom. The molecule has 2 heterocycles. The quantitative estimate of drug-likeness (QED) is 0.789. The summed E-state index contributed by atoms with van der Waals surface area (Å²) in [6.07, 6.45) is 7.27. The van der Waals surface area contributed by atoms with E-state index in [1.54, 1.807) is 6.33 Å². The second-order valence-electron chi connectivity index (χ2n) is 5.25. The van der Waals surface area contributed by atoms with Gasteiger partial charge in [-0.2, -0.15) is 0 Å². The van der Waals surface area contributed by atoms with Crippen molar-refractivity contribution in [1.82, 2.24) is 15.3 Å². The second kappa shape index (κ2) is 5.10. The molecule has 0 aromatic carbocycles. The molecule has 2 aliphatic rings. The van der Waals surface area contributed by atoms with Crippen LogP contribution in [0.3, 0.4) is 0 Å². The number of aromatic nitrogens is 2. The zero-order chi connectivity index (χ0) is 12.4. The number of carbonyl (C=O) groups is 1. The van der Waals surface area contributed by atoms with Gasteiger partial charge in [0.2, 0.25) is 0 Å². The fourth-order valence-electron chi connectivity index (χ4n) is 2.81. The van der Waals surface area contributed by atoms with Crippen LogP contribution in [0.4, 0.5) is 0 Å². The van der Waals surface area contributed by atoms with Gasteiger partial charge in [-0.15, -0.1) is 0 Å². The number of hydrogen-bond donors (Lipinski definition) is 2. The summed E-state index contributed by atoms with van der Waals surface area (Å²) in [6, 6.07) is -0.234. The molecular weight excluding hydrogens is 230 g/mol. The number of fused-ring (bicyclic) bond motifs is 1. The molecule has 1 aliphatic heterocycles. The highest BCUT2D eigenvalue weighted by Crippen LogP contribution is 2.25. The minimum Gasteiger partial charge on any atom is -0.464 e. The molecular formula is C13H19N3O2. The lowest BCUT2D eigenvalue weighted by Crippen LogP contribution is -2.43. The Balaban J connectivity index is 1.51. The first kappa shape index (κ1) is 11.7. The molecule has 1 atom stereocenters. The molecule has 0 amide bonds. The Hall–Kier alpha value is -1.36. The van der Waals surface area contributed by atoms with Crippen molar-refractivity contribution in [3.05, 3.63) is 17.7 Å². The number of esters is 1. The first-order valence-electron chi connectivity index (χ1n) is 6.74. The predicted octanol–water partition coefficient (Wildman–Crippen LogP) is 1.16. The van der Waals surface area contributed by atoms with Gasteiger partial charge in [0, 0.05) is 13.0 Å². The fraction of sp³-hybridized carbons (Fsp3) is 0.692. The summed E-state index contributed by atoms with van der Waals surface area (Å²) >= 11 is 0. The molecule has 5 heteroatoms. The Kier molecular flexibility index (Phi) is 3.32. The first-order valence-corrected chi connectivity index (χ1v) is 6.74. The number of hydrogen-bond acceptors (Lipinski definition) is 4. The maximum Gasteiger partial charge on any atom is 0.323 e. The van der Waals surface area contributed by atoms with Crippen LogP contribution < -0.4 is 5.32 Å². The number of H-pyrrole nitrogens is 1. The van der Waals surface area contributed by atoms with Crippen molar-refractivity contribution in [2.24, 2.45) is 5.92 Å². The zero-order valence-electron chi connectivity index (χ0n) is 10.4. The number of nitrogens with zero attached hydrogens (tertiary/aromatic N) is 1. The van der Waals surface area contributed by atoms with Crippen LogP contribution in [-0.2, 0) is 22.5 Å². The average Bonchev–Trinajstić information content (AvgIpc) is 3.05. The molecule has 98 valence electrons. The topological polar surface area (TPSA) is 67.0 Å². The molecule has 18 heavy (non-hydrogen) atoms. The van der Waals surface area contributed by atoms with Gasteiger partial charge in [0.1, 0.15) is 6.04 Å². The van der Waals surface area contributed by atoms with Crippen LogP contribution in [0.2, 0.25) is 0 Å². The van der Waals surface area contributed by atoms with E-state index in [0.29, 0.717) is 25.5 Å². The van der Waals surface area contributed by atoms with E-state index in [2.05, 4.69) is 15.3 Å². The van der Waals surface area contributed by atoms with Crippen molar-refractivity contribution in [1.29, 1.82) is 0 Å². The van der Waals surface area contributed by atoms with Crippen LogP contribution in [-0.4, -0.2) is 28.6 Å². The molecule has 1 fully saturated rings. The zero-order valence-corrected chi connectivity index (χ0v) is 10.4. The molecule has 2 N–H and O–H groups in total. The van der Waals surface area contributed by atoms with Gasteiger partial charge in [0.25, 0.3) is 0 Å². The van der Waals surface area contributed by atoms with Crippen molar-refractivity contribution in [3.8, 4) is 0 Å². The van der Waals surface area contributed by atoms with Gasteiger partial charge >= 0.3 is 5.97 Å². The third-order valence-electron chi connectivity index (χ3n) is 3.95. The van der Waals surface area contributed by atoms with Crippen LogP contribution >= 0.6 is 0 Å². The molecule has 0 saturated heterocycles. The molecule has 5 nitrogen and oxygen atoms in total. The highest BCUT2D eigenvalue weighted by molar-refractivity contribution is 5.76. The number of aromatic amines is 1. The SMILES string of the molecule is O=C(OCC1CCCC1)C1Cc2nc[nH]c2CN1. The Labute approximate surface area is 106 Å². The minimum atomic E-state index is -0.234. The summed E-state index contributed by atoms with van der Waals surface area (Å²) in [6.45, 7) is 1.25. The largest absolute Gasteiger partial charge is 0.464 e. The lowest BCUT2D eigenvalue weighted by molar-refractivity contribution is -0.147. The Bertz CT molecular complexity index is 424. The van der Waals surface area contributed by atoms with E-state index in [4.69, 9.17) is 4.74 Å². The highest BCUT2D eigenvalue weighted by atomic mass is 16.5. The number of rotatable bonds is 3. The number of nitrogens with one attached hydrogen (secondary N) is 2. The van der Waals surface area contributed by atoms with Crippen LogP contribution in [0.15, 0.2) is 6.33 Å². The van der Waals surface area contributed by atoms with Gasteiger partial charge in [-0.1, -0.05) is 12.8 Å². The maximum absolute atomic E-state index is 12.0. The van der Waals surface area contributed by atoms with E-state index in [9.17, 15) is 4.79 Å². The van der Waals surface area contributed by atoms with Gasteiger partial charge in [-0.3, -0.25) is 10.1 Å². The van der Waals surface area contributed by atoms with Crippen LogP contribution in [0.25, 0.3) is 0 Å². The highest BCUT2D eigenvalue weighted by Gasteiger charge is 2.27. The van der Waals surface area contributed by atoms with E-state index in [-0.39, 0.29) is 12.0 Å².